The van der Waals surface area contributed by atoms with Gasteiger partial charge in [0, 0.05) is 31.7 Å². The molecule has 1 atom stereocenters. The fourth-order valence-electron chi connectivity index (χ4n) is 6.18. The van der Waals surface area contributed by atoms with Crippen molar-refractivity contribution >= 4 is 23.7 Å². The molecule has 0 saturated heterocycles. The molecule has 1 N–H and O–H groups in total. The maximum absolute atomic E-state index is 14.0. The van der Waals surface area contributed by atoms with Gasteiger partial charge in [-0.2, -0.15) is 0 Å². The quantitative estimate of drug-likeness (QED) is 0.232. The van der Waals surface area contributed by atoms with E-state index in [2.05, 4.69) is 23.5 Å². The Bertz CT molecular complexity index is 1630. The third kappa shape index (κ3) is 8.33. The van der Waals surface area contributed by atoms with E-state index in [-0.39, 0.29) is 24.6 Å². The van der Waals surface area contributed by atoms with Gasteiger partial charge in [0.2, 0.25) is 0 Å². The number of carbonyl (C=O) groups is 3. The van der Waals surface area contributed by atoms with Gasteiger partial charge in [0.05, 0.1) is 13.2 Å². The zero-order valence-corrected chi connectivity index (χ0v) is 28.0. The number of carbonyl (C=O) groups excluding carboxylic acids is 3. The van der Waals surface area contributed by atoms with E-state index in [4.69, 9.17) is 14.2 Å². The van der Waals surface area contributed by atoms with E-state index in [1.165, 1.54) is 0 Å². The monoisotopic (exact) mass is 639 g/mol. The van der Waals surface area contributed by atoms with Crippen LogP contribution in [-0.4, -0.2) is 60.2 Å². The van der Waals surface area contributed by atoms with Gasteiger partial charge >= 0.3 is 12.2 Å². The number of fused-ring (bicyclic) bond motifs is 1. The molecule has 0 aliphatic carbocycles. The van der Waals surface area contributed by atoms with Crippen LogP contribution >= 0.6 is 0 Å². The average Bonchev–Trinajstić information content (AvgIpc) is 3.39. The maximum atomic E-state index is 14.0. The lowest BCUT2D eigenvalue weighted by Crippen LogP contribution is -2.39. The van der Waals surface area contributed by atoms with Gasteiger partial charge < -0.3 is 29.3 Å². The van der Waals surface area contributed by atoms with Crippen LogP contribution in [0.2, 0.25) is 0 Å². The van der Waals surface area contributed by atoms with Crippen molar-refractivity contribution in [3.8, 4) is 5.75 Å². The van der Waals surface area contributed by atoms with Crippen LogP contribution in [0.15, 0.2) is 72.8 Å². The van der Waals surface area contributed by atoms with Crippen LogP contribution in [-0.2, 0) is 22.6 Å². The molecule has 0 saturated carbocycles. The van der Waals surface area contributed by atoms with E-state index < -0.39 is 11.7 Å². The zero-order chi connectivity index (χ0) is 33.6. The standard InChI is InChI=1S/C38H45N3O6/c1-26-23-29(16-17-34(26)45-5)33(15-10-20-39-36(43)46-25-27-11-7-6-8-12-27)41-24-32-30(13-9-14-31(32)35(41)42)28-18-21-40(22-19-28)37(44)47-38(2,3)4/h6-9,11-14,16-18,23,33H,10,15,19-22,24-25H2,1-5H3,(H,39,43)/t33-/m1/s1. The number of ether oxygens (including phenoxy) is 3. The van der Waals surface area contributed by atoms with Crippen LogP contribution in [0.5, 0.6) is 5.75 Å². The Hall–Kier alpha value is -4.79. The van der Waals surface area contributed by atoms with E-state index in [1.807, 2.05) is 87.2 Å². The molecule has 0 unspecified atom stereocenters. The lowest BCUT2D eigenvalue weighted by Gasteiger charge is -2.30. The summed E-state index contributed by atoms with van der Waals surface area (Å²) in [6, 6.07) is 21.3. The smallest absolute Gasteiger partial charge is 0.410 e. The summed E-state index contributed by atoms with van der Waals surface area (Å²) in [4.78, 5) is 42.7. The Labute approximate surface area is 277 Å². The van der Waals surface area contributed by atoms with Crippen molar-refractivity contribution in [2.24, 2.45) is 0 Å². The molecule has 2 aliphatic heterocycles. The highest BCUT2D eigenvalue weighted by molar-refractivity contribution is 6.00. The summed E-state index contributed by atoms with van der Waals surface area (Å²) < 4.78 is 16.4. The second-order valence-corrected chi connectivity index (χ2v) is 13.0. The lowest BCUT2D eigenvalue weighted by molar-refractivity contribution is 0.0270. The van der Waals surface area contributed by atoms with Crippen molar-refractivity contribution in [2.75, 3.05) is 26.7 Å². The van der Waals surface area contributed by atoms with E-state index in [1.54, 1.807) is 12.0 Å². The summed E-state index contributed by atoms with van der Waals surface area (Å²) in [7, 11) is 1.65. The summed E-state index contributed by atoms with van der Waals surface area (Å²) in [5, 5.41) is 2.86. The van der Waals surface area contributed by atoms with E-state index >= 15 is 0 Å². The molecule has 47 heavy (non-hydrogen) atoms. The maximum Gasteiger partial charge on any atom is 0.410 e. The minimum atomic E-state index is -0.550. The molecule has 0 aromatic heterocycles. The Morgan fingerprint density at radius 3 is 2.45 bits per heavy atom. The van der Waals surface area contributed by atoms with E-state index in [0.717, 1.165) is 39.1 Å². The number of rotatable bonds is 10. The van der Waals surface area contributed by atoms with Gasteiger partial charge in [0.25, 0.3) is 5.91 Å². The van der Waals surface area contributed by atoms with Crippen LogP contribution in [0.25, 0.3) is 5.57 Å². The van der Waals surface area contributed by atoms with Crippen LogP contribution in [0, 0.1) is 6.92 Å². The Morgan fingerprint density at radius 1 is 1.00 bits per heavy atom. The largest absolute Gasteiger partial charge is 0.496 e. The number of methoxy groups -OCH3 is 1. The van der Waals surface area contributed by atoms with E-state index in [0.29, 0.717) is 51.0 Å². The Kier molecular flexibility index (Phi) is 10.5. The molecular weight excluding hydrogens is 594 g/mol. The molecule has 3 amide bonds. The highest BCUT2D eigenvalue weighted by atomic mass is 16.6. The number of aryl methyl sites for hydroxylation is 1. The summed E-state index contributed by atoms with van der Waals surface area (Å²) in [6.07, 6.45) is 3.26. The van der Waals surface area contributed by atoms with Crippen molar-refractivity contribution in [3.05, 3.63) is 106 Å². The second kappa shape index (κ2) is 14.8. The molecule has 0 radical (unpaired) electrons. The number of benzene rings is 3. The molecule has 9 nitrogen and oxygen atoms in total. The third-order valence-electron chi connectivity index (χ3n) is 8.52. The Morgan fingerprint density at radius 2 is 1.77 bits per heavy atom. The first-order valence-corrected chi connectivity index (χ1v) is 16.2. The molecule has 0 bridgehead atoms. The van der Waals surface area contributed by atoms with Crippen LogP contribution in [0.3, 0.4) is 0 Å². The number of nitrogens with zero attached hydrogens (tertiary/aromatic N) is 2. The Balaban J connectivity index is 1.29. The van der Waals surface area contributed by atoms with Crippen molar-refractivity contribution in [3.63, 3.8) is 0 Å². The predicted octanol–water partition coefficient (Wildman–Crippen LogP) is 7.43. The number of amides is 3. The van der Waals surface area contributed by atoms with Crippen LogP contribution in [0.1, 0.15) is 84.3 Å². The van der Waals surface area contributed by atoms with E-state index in [9.17, 15) is 14.4 Å². The first-order chi connectivity index (χ1) is 22.5. The summed E-state index contributed by atoms with van der Waals surface area (Å²) in [5.74, 6) is 0.778. The van der Waals surface area contributed by atoms with Crippen molar-refractivity contribution < 1.29 is 28.6 Å². The van der Waals surface area contributed by atoms with Gasteiger partial charge in [-0.25, -0.2) is 9.59 Å². The number of alkyl carbamates (subject to hydrolysis) is 1. The fourth-order valence-corrected chi connectivity index (χ4v) is 6.18. The highest BCUT2D eigenvalue weighted by Crippen LogP contribution is 2.39. The number of hydrogen-bond donors (Lipinski definition) is 1. The number of hydrogen-bond acceptors (Lipinski definition) is 6. The molecule has 3 aromatic carbocycles. The predicted molar refractivity (Wildman–Crippen MR) is 181 cm³/mol. The summed E-state index contributed by atoms with van der Waals surface area (Å²) >= 11 is 0. The lowest BCUT2D eigenvalue weighted by atomic mass is 9.93. The van der Waals surface area contributed by atoms with Gasteiger partial charge in [-0.1, -0.05) is 60.7 Å². The molecule has 0 fully saturated rings. The van der Waals surface area contributed by atoms with Gasteiger partial charge in [0.15, 0.2) is 0 Å². The minimum absolute atomic E-state index is 0.0117. The van der Waals surface area contributed by atoms with Gasteiger partial charge in [-0.15, -0.1) is 0 Å². The highest BCUT2D eigenvalue weighted by Gasteiger charge is 2.36. The topological polar surface area (TPSA) is 97.4 Å². The van der Waals surface area contributed by atoms with Crippen molar-refractivity contribution in [1.82, 2.24) is 15.1 Å². The second-order valence-electron chi connectivity index (χ2n) is 13.0. The average molecular weight is 640 g/mol. The molecule has 0 spiro atoms. The van der Waals surface area contributed by atoms with Gasteiger partial charge in [-0.05, 0) is 92.5 Å². The zero-order valence-electron chi connectivity index (χ0n) is 28.0. The fraction of sp³-hybridized carbons (Fsp3) is 0.395. The van der Waals surface area contributed by atoms with Gasteiger partial charge in [0.1, 0.15) is 18.0 Å². The summed E-state index contributed by atoms with van der Waals surface area (Å²) in [5.41, 5.74) is 6.27. The molecule has 5 rings (SSSR count). The molecular formula is C38H45N3O6. The first-order valence-electron chi connectivity index (χ1n) is 16.2. The van der Waals surface area contributed by atoms with Crippen LogP contribution in [0.4, 0.5) is 9.59 Å². The third-order valence-corrected chi connectivity index (χ3v) is 8.52. The van der Waals surface area contributed by atoms with Gasteiger partial charge in [-0.3, -0.25) is 4.79 Å². The molecule has 9 heteroatoms. The minimum Gasteiger partial charge on any atom is -0.496 e. The van der Waals surface area contributed by atoms with Crippen molar-refractivity contribution in [1.29, 1.82) is 0 Å². The molecule has 2 heterocycles. The molecule has 248 valence electrons. The summed E-state index contributed by atoms with van der Waals surface area (Å²) in [6.45, 7) is 9.70. The molecule has 3 aromatic rings. The normalized spacial score (nSPS) is 15.1. The number of nitrogens with one attached hydrogen (secondary N) is 1. The van der Waals surface area contributed by atoms with Crippen molar-refractivity contribution in [2.45, 2.75) is 71.8 Å². The van der Waals surface area contributed by atoms with Crippen LogP contribution < -0.4 is 10.1 Å². The molecule has 2 aliphatic rings. The SMILES string of the molecule is COc1ccc([C@@H](CCCNC(=O)OCc2ccccc2)N2Cc3c(cccc3C3=CCN(C(=O)OC(C)(C)C)CC3)C2=O)cc1C. The first kappa shape index (κ1) is 33.6.